The Morgan fingerprint density at radius 2 is 0.850 bits per heavy atom. The largest absolute Gasteiger partial charge is 4.00 e. The summed E-state index contributed by atoms with van der Waals surface area (Å²) < 4.78 is 0. The topological polar surface area (TPSA) is 0 Å². The molecule has 0 atom stereocenters. The summed E-state index contributed by atoms with van der Waals surface area (Å²) in [6, 6.07) is 30.5. The Hall–Kier alpha value is -1.19. The average Bonchev–Trinajstić information content (AvgIpc) is 3.03. The first-order valence-corrected chi connectivity index (χ1v) is 15.3. The van der Waals surface area contributed by atoms with E-state index in [-0.39, 0.29) is 69.8 Å². The molecule has 4 aromatic rings. The van der Waals surface area contributed by atoms with E-state index in [9.17, 15) is 0 Å². The summed E-state index contributed by atoms with van der Waals surface area (Å²) in [5.74, 6) is 0. The normalized spacial score (nSPS) is 11.4. The average molecular weight is 646 g/mol. The molecule has 0 unspecified atom stereocenters. The van der Waals surface area contributed by atoms with Crippen molar-refractivity contribution in [3.05, 3.63) is 112 Å². The number of halogens is 3. The van der Waals surface area contributed by atoms with E-state index in [0.717, 1.165) is 0 Å². The van der Waals surface area contributed by atoms with E-state index < -0.39 is 8.07 Å². The summed E-state index contributed by atoms with van der Waals surface area (Å²) in [7, 11) is -2.62. The van der Waals surface area contributed by atoms with Crippen molar-refractivity contribution in [2.45, 2.75) is 80.1 Å². The monoisotopic (exact) mass is 644 g/mol. The second kappa shape index (κ2) is 14.3. The summed E-state index contributed by atoms with van der Waals surface area (Å²) >= 11 is 0. The molecule has 212 valence electrons. The molecule has 4 rings (SSSR count). The van der Waals surface area contributed by atoms with Crippen molar-refractivity contribution >= 4 is 28.8 Å². The Morgan fingerprint density at radius 3 is 1.20 bits per heavy atom. The Balaban J connectivity index is 0.00000380. The third kappa shape index (κ3) is 6.88. The second-order valence-electron chi connectivity index (χ2n) is 12.7. The third-order valence-electron chi connectivity index (χ3n) is 8.34. The van der Waals surface area contributed by atoms with Gasteiger partial charge in [0, 0.05) is 0 Å². The maximum Gasteiger partial charge on any atom is 4.00 e. The molecule has 0 fully saturated rings. The zero-order valence-electron chi connectivity index (χ0n) is 25.6. The van der Waals surface area contributed by atoms with E-state index in [0.29, 0.717) is 0 Å². The van der Waals surface area contributed by atoms with Crippen LogP contribution in [0.5, 0.6) is 0 Å². The number of benzene rings is 3. The van der Waals surface area contributed by atoms with Gasteiger partial charge in [-0.1, -0.05) is 164 Å². The van der Waals surface area contributed by atoms with Crippen LogP contribution in [0.2, 0.25) is 0 Å². The first kappa shape index (κ1) is 38.8. The smallest absolute Gasteiger partial charge is 1.00 e. The van der Waals surface area contributed by atoms with Crippen LogP contribution >= 0.6 is 0 Å². The molecule has 0 aliphatic carbocycles. The molecule has 0 radical (unpaired) electrons. The molecule has 0 aliphatic heterocycles. The van der Waals surface area contributed by atoms with E-state index in [1.807, 2.05) is 0 Å². The zero-order valence-corrected chi connectivity index (χ0v) is 30.5. The van der Waals surface area contributed by atoms with Crippen molar-refractivity contribution in [1.29, 1.82) is 0 Å². The number of rotatable bonds is 4. The van der Waals surface area contributed by atoms with E-state index >= 15 is 0 Å². The van der Waals surface area contributed by atoms with Gasteiger partial charge in [-0.15, -0.1) is 5.19 Å². The molecule has 0 aromatic heterocycles. The molecule has 0 N–H and O–H groups in total. The minimum Gasteiger partial charge on any atom is -1.00 e. The fourth-order valence-electron chi connectivity index (χ4n) is 5.84. The van der Waals surface area contributed by atoms with E-state index in [1.54, 1.807) is 5.19 Å². The summed E-state index contributed by atoms with van der Waals surface area (Å²) in [4.78, 5) is 0. The van der Waals surface area contributed by atoms with Crippen LogP contribution in [-0.2, 0) is 32.5 Å². The molecule has 0 nitrogen and oxygen atoms in total. The van der Waals surface area contributed by atoms with Crippen molar-refractivity contribution in [3.8, 4) is 0 Å². The molecule has 4 aromatic carbocycles. The van der Waals surface area contributed by atoms with Crippen LogP contribution in [0.25, 0.3) is 0 Å². The fourth-order valence-corrected chi connectivity index (χ4v) is 11.3. The molecule has 5 heteroatoms. The molecule has 0 amide bonds. The van der Waals surface area contributed by atoms with Crippen molar-refractivity contribution < 1.29 is 58.9 Å². The van der Waals surface area contributed by atoms with Gasteiger partial charge in [-0.2, -0.15) is 22.3 Å². The summed E-state index contributed by atoms with van der Waals surface area (Å²) in [5, 5.41) is 5.98. The van der Waals surface area contributed by atoms with Crippen LogP contribution in [-0.4, -0.2) is 8.07 Å². The molecular formula is C35H43Cl3SiTi. The Kier molecular flexibility index (Phi) is 13.9. The first-order chi connectivity index (χ1) is 16.8. The third-order valence-corrected chi connectivity index (χ3v) is 13.4. The van der Waals surface area contributed by atoms with Crippen molar-refractivity contribution in [1.82, 2.24) is 0 Å². The van der Waals surface area contributed by atoms with E-state index in [1.165, 1.54) is 48.9 Å². The maximum atomic E-state index is 2.53. The number of hydrogen-bond donors (Lipinski definition) is 0. The first-order valence-electron chi connectivity index (χ1n) is 13.3. The van der Waals surface area contributed by atoms with Crippen molar-refractivity contribution in [3.63, 3.8) is 0 Å². The molecule has 40 heavy (non-hydrogen) atoms. The Bertz CT molecular complexity index is 1310. The van der Waals surface area contributed by atoms with Crippen LogP contribution in [0.1, 0.15) is 74.9 Å². The van der Waals surface area contributed by atoms with E-state index in [2.05, 4.69) is 148 Å². The van der Waals surface area contributed by atoms with Gasteiger partial charge in [-0.25, -0.2) is 0 Å². The quantitative estimate of drug-likeness (QED) is 0.132. The van der Waals surface area contributed by atoms with Crippen LogP contribution in [0.3, 0.4) is 0 Å². The Morgan fingerprint density at radius 1 is 0.500 bits per heavy atom. The van der Waals surface area contributed by atoms with Gasteiger partial charge in [0.25, 0.3) is 0 Å². The minimum absolute atomic E-state index is 0. The van der Waals surface area contributed by atoms with Crippen LogP contribution in [0.15, 0.2) is 78.9 Å². The maximum absolute atomic E-state index is 2.62. The summed E-state index contributed by atoms with van der Waals surface area (Å²) in [6.07, 6.45) is 0. The predicted molar refractivity (Wildman–Crippen MR) is 162 cm³/mol. The van der Waals surface area contributed by atoms with Crippen LogP contribution in [0.4, 0.5) is 0 Å². The SMILES string of the molecule is Cc1c(C)c(C)[c-]([Si](c2ccccc2)(c2cccc(C(C)(C)C)c2)c2cccc(C(C)(C)C)c2)c1C.[Cl-].[Cl-].[Cl-].[Ti+4]. The van der Waals surface area contributed by atoms with Crippen molar-refractivity contribution in [2.24, 2.45) is 0 Å². The molecule has 0 heterocycles. The molecule has 0 spiro atoms. The Labute approximate surface area is 278 Å². The van der Waals surface area contributed by atoms with Crippen LogP contribution in [0, 0.1) is 27.7 Å². The molecule has 0 saturated heterocycles. The predicted octanol–water partition coefficient (Wildman–Crippen LogP) is -2.38. The zero-order chi connectivity index (χ0) is 26.5. The van der Waals surface area contributed by atoms with Gasteiger partial charge in [-0.3, -0.25) is 0 Å². The summed E-state index contributed by atoms with van der Waals surface area (Å²) in [6.45, 7) is 23.3. The van der Waals surface area contributed by atoms with Crippen LogP contribution < -0.4 is 58.0 Å². The van der Waals surface area contributed by atoms with Gasteiger partial charge in [0.05, 0.1) is 0 Å². The van der Waals surface area contributed by atoms with Crippen molar-refractivity contribution in [2.75, 3.05) is 0 Å². The van der Waals surface area contributed by atoms with Gasteiger partial charge < -0.3 is 37.2 Å². The van der Waals surface area contributed by atoms with Gasteiger partial charge in [-0.05, 0) is 22.0 Å². The summed E-state index contributed by atoms with van der Waals surface area (Å²) in [5.41, 5.74) is 8.77. The molecular weight excluding hydrogens is 603 g/mol. The van der Waals surface area contributed by atoms with Gasteiger partial charge in [0.1, 0.15) is 8.07 Å². The van der Waals surface area contributed by atoms with Gasteiger partial charge >= 0.3 is 21.7 Å². The molecule has 0 bridgehead atoms. The van der Waals surface area contributed by atoms with Gasteiger partial charge in [0.15, 0.2) is 0 Å². The van der Waals surface area contributed by atoms with E-state index in [4.69, 9.17) is 0 Å². The molecule has 0 saturated carbocycles. The standard InChI is InChI=1S/C35H43Si.3ClH.Ti/c1-24-25(2)27(4)33(26(24)3)36(30-18-12-11-13-19-30,31-20-14-16-28(22-31)34(5,6)7)32-21-15-17-29(23-32)35(8,9)10;;;;/h11-23H,1-10H3;3*1H;/q-1;;;;+4/p-3. The fraction of sp³-hybridized carbons (Fsp3) is 0.343. The van der Waals surface area contributed by atoms with Gasteiger partial charge in [0.2, 0.25) is 0 Å². The second-order valence-corrected chi connectivity index (χ2v) is 16.4. The molecule has 0 aliphatic rings. The minimum atomic E-state index is -2.62. The number of hydrogen-bond acceptors (Lipinski definition) is 0.